The van der Waals surface area contributed by atoms with E-state index in [0.29, 0.717) is 0 Å². The zero-order valence-electron chi connectivity index (χ0n) is 14.7. The summed E-state index contributed by atoms with van der Waals surface area (Å²) in [5, 5.41) is 10.2. The summed E-state index contributed by atoms with van der Waals surface area (Å²) < 4.78 is 6.20. The van der Waals surface area contributed by atoms with Crippen molar-refractivity contribution >= 4 is 44.9 Å². The van der Waals surface area contributed by atoms with Crippen LogP contribution in [0.4, 0.5) is 5.13 Å². The highest BCUT2D eigenvalue weighted by Crippen LogP contribution is 2.34. The third-order valence-electron chi connectivity index (χ3n) is 4.46. The lowest BCUT2D eigenvalue weighted by Crippen LogP contribution is -2.36. The fourth-order valence-corrected chi connectivity index (χ4v) is 5.23. The number of nitrogens with one attached hydrogen (secondary N) is 1. The number of aromatic amines is 1. The molecular formula is C18H20N4O2S2. The smallest absolute Gasteiger partial charge is 0.209 e. The lowest BCUT2D eigenvalue weighted by molar-refractivity contribution is 0.0995. The van der Waals surface area contributed by atoms with Gasteiger partial charge in [0.1, 0.15) is 0 Å². The maximum atomic E-state index is 13.0. The van der Waals surface area contributed by atoms with Gasteiger partial charge in [-0.2, -0.15) is 0 Å². The topological polar surface area (TPSA) is 71.1 Å². The Morgan fingerprint density at radius 1 is 1.31 bits per heavy atom. The molecule has 0 amide bonds. The number of hydrogen-bond donors (Lipinski definition) is 1. The number of carbonyl (C=O) groups excluding carboxylic acids is 1. The van der Waals surface area contributed by atoms with E-state index in [1.807, 2.05) is 38.1 Å². The summed E-state index contributed by atoms with van der Waals surface area (Å²) in [6, 6.07) is 7.92. The zero-order valence-corrected chi connectivity index (χ0v) is 16.3. The highest BCUT2D eigenvalue weighted by molar-refractivity contribution is 8.02. The van der Waals surface area contributed by atoms with Crippen molar-refractivity contribution in [2.45, 2.75) is 23.4 Å². The minimum absolute atomic E-state index is 0.119. The first-order valence-electron chi connectivity index (χ1n) is 8.58. The van der Waals surface area contributed by atoms with Crippen LogP contribution in [0.15, 0.2) is 28.6 Å². The van der Waals surface area contributed by atoms with Gasteiger partial charge >= 0.3 is 0 Å². The van der Waals surface area contributed by atoms with E-state index in [-0.39, 0.29) is 11.0 Å². The van der Waals surface area contributed by atoms with Gasteiger partial charge in [-0.1, -0.05) is 41.3 Å². The van der Waals surface area contributed by atoms with Crippen LogP contribution in [-0.2, 0) is 4.74 Å². The summed E-state index contributed by atoms with van der Waals surface area (Å²) in [6.07, 6.45) is 0. The first kappa shape index (κ1) is 17.5. The molecule has 3 heterocycles. The number of H-pyrrole nitrogens is 1. The van der Waals surface area contributed by atoms with Crippen molar-refractivity contribution < 1.29 is 9.53 Å². The number of morpholine rings is 1. The molecule has 0 spiro atoms. The van der Waals surface area contributed by atoms with Gasteiger partial charge in [-0.05, 0) is 19.9 Å². The van der Waals surface area contributed by atoms with Crippen molar-refractivity contribution in [1.29, 1.82) is 0 Å². The van der Waals surface area contributed by atoms with Crippen molar-refractivity contribution in [3.05, 3.63) is 35.5 Å². The number of carbonyl (C=O) groups is 1. The van der Waals surface area contributed by atoms with Gasteiger partial charge in [0.15, 0.2) is 10.1 Å². The molecule has 6 nitrogen and oxygen atoms in total. The predicted octanol–water partition coefficient (Wildman–Crippen LogP) is 3.53. The molecule has 0 radical (unpaired) electrons. The number of fused-ring (bicyclic) bond motifs is 1. The largest absolute Gasteiger partial charge is 0.378 e. The van der Waals surface area contributed by atoms with Crippen LogP contribution in [0.2, 0.25) is 0 Å². The molecule has 1 aliphatic rings. The zero-order chi connectivity index (χ0) is 18.1. The number of Topliss-reactive ketones (excluding diaryl/α,β-unsaturated/α-hetero) is 1. The molecular weight excluding hydrogens is 368 g/mol. The summed E-state index contributed by atoms with van der Waals surface area (Å²) in [7, 11) is 0. The van der Waals surface area contributed by atoms with Crippen LogP contribution in [0.5, 0.6) is 0 Å². The Labute approximate surface area is 159 Å². The van der Waals surface area contributed by atoms with Crippen molar-refractivity contribution in [3.63, 3.8) is 0 Å². The Hall–Kier alpha value is -1.90. The van der Waals surface area contributed by atoms with Crippen molar-refractivity contribution in [3.8, 4) is 0 Å². The molecule has 1 atom stereocenters. The van der Waals surface area contributed by atoms with Crippen molar-refractivity contribution in [1.82, 2.24) is 15.2 Å². The average Bonchev–Trinajstić information content (AvgIpc) is 3.25. The number of aryl methyl sites for hydroxylation is 1. The Morgan fingerprint density at radius 3 is 2.88 bits per heavy atom. The van der Waals surface area contributed by atoms with Gasteiger partial charge in [0.25, 0.3) is 0 Å². The van der Waals surface area contributed by atoms with Crippen LogP contribution < -0.4 is 4.90 Å². The number of para-hydroxylation sites is 1. The van der Waals surface area contributed by atoms with Crippen molar-refractivity contribution in [2.75, 3.05) is 31.2 Å². The fraction of sp³-hybridized carbons (Fsp3) is 0.389. The van der Waals surface area contributed by atoms with Crippen LogP contribution in [0.3, 0.4) is 0 Å². The third kappa shape index (κ3) is 3.36. The van der Waals surface area contributed by atoms with Gasteiger partial charge in [-0.25, -0.2) is 0 Å². The molecule has 8 heteroatoms. The minimum Gasteiger partial charge on any atom is -0.378 e. The van der Waals surface area contributed by atoms with Gasteiger partial charge < -0.3 is 14.6 Å². The number of rotatable bonds is 5. The second kappa shape index (κ2) is 7.38. The van der Waals surface area contributed by atoms with Crippen LogP contribution in [0.1, 0.15) is 23.0 Å². The van der Waals surface area contributed by atoms with E-state index in [2.05, 4.69) is 20.1 Å². The third-order valence-corrected chi connectivity index (χ3v) is 6.63. The van der Waals surface area contributed by atoms with E-state index >= 15 is 0 Å². The standard InChI is InChI=1S/C18H20N4O2S2/c1-11-15(13-5-3-4-6-14(13)19-11)16(23)12(2)25-18-21-20-17(26-18)22-7-9-24-10-8-22/h3-6,12,19H,7-10H2,1-2H3. The van der Waals surface area contributed by atoms with E-state index in [1.165, 1.54) is 11.8 Å². The monoisotopic (exact) mass is 388 g/mol. The van der Waals surface area contributed by atoms with Crippen LogP contribution in [0.25, 0.3) is 10.9 Å². The highest BCUT2D eigenvalue weighted by atomic mass is 32.2. The summed E-state index contributed by atoms with van der Waals surface area (Å²) in [4.78, 5) is 18.5. The van der Waals surface area contributed by atoms with Crippen LogP contribution >= 0.6 is 23.1 Å². The lowest BCUT2D eigenvalue weighted by atomic mass is 10.1. The van der Waals surface area contributed by atoms with Gasteiger partial charge in [-0.3, -0.25) is 4.79 Å². The molecule has 0 aliphatic carbocycles. The Kier molecular flexibility index (Phi) is 4.97. The first-order valence-corrected chi connectivity index (χ1v) is 10.3. The summed E-state index contributed by atoms with van der Waals surface area (Å²) in [5.74, 6) is 0.119. The van der Waals surface area contributed by atoms with Gasteiger partial charge in [-0.15, -0.1) is 10.2 Å². The number of aromatic nitrogens is 3. The number of nitrogens with zero attached hydrogens (tertiary/aromatic N) is 3. The van der Waals surface area contributed by atoms with E-state index in [1.54, 1.807) is 11.3 Å². The van der Waals surface area contributed by atoms with Gasteiger partial charge in [0.05, 0.1) is 18.5 Å². The maximum Gasteiger partial charge on any atom is 0.209 e. The molecule has 2 aromatic heterocycles. The summed E-state index contributed by atoms with van der Waals surface area (Å²) in [6.45, 7) is 6.99. The van der Waals surface area contributed by atoms with E-state index in [9.17, 15) is 4.79 Å². The minimum atomic E-state index is -0.224. The summed E-state index contributed by atoms with van der Waals surface area (Å²) in [5.41, 5.74) is 2.68. The Bertz CT molecular complexity index is 930. The lowest BCUT2D eigenvalue weighted by Gasteiger charge is -2.25. The maximum absolute atomic E-state index is 13.0. The summed E-state index contributed by atoms with van der Waals surface area (Å²) >= 11 is 3.02. The molecule has 1 aromatic carbocycles. The Morgan fingerprint density at radius 2 is 2.08 bits per heavy atom. The molecule has 0 bridgehead atoms. The van der Waals surface area contributed by atoms with Crippen molar-refractivity contribution in [2.24, 2.45) is 0 Å². The predicted molar refractivity (Wildman–Crippen MR) is 106 cm³/mol. The number of thioether (sulfide) groups is 1. The molecule has 1 N–H and O–H groups in total. The molecule has 136 valence electrons. The van der Waals surface area contributed by atoms with Gasteiger partial charge in [0, 0.05) is 35.2 Å². The second-order valence-electron chi connectivity index (χ2n) is 6.24. The second-order valence-corrected chi connectivity index (χ2v) is 8.79. The van der Waals surface area contributed by atoms with Crippen LogP contribution in [-0.4, -0.2) is 52.5 Å². The van der Waals surface area contributed by atoms with Crippen LogP contribution in [0, 0.1) is 6.92 Å². The molecule has 0 saturated carbocycles. The number of anilines is 1. The average molecular weight is 389 g/mol. The molecule has 1 fully saturated rings. The number of ketones is 1. The fourth-order valence-electron chi connectivity index (χ4n) is 3.13. The molecule has 3 aromatic rings. The van der Waals surface area contributed by atoms with Gasteiger partial charge in [0.2, 0.25) is 5.13 Å². The molecule has 26 heavy (non-hydrogen) atoms. The van der Waals surface area contributed by atoms with E-state index in [0.717, 1.165) is 57.9 Å². The quantitative estimate of drug-likeness (QED) is 0.533. The number of benzene rings is 1. The molecule has 4 rings (SSSR count). The Balaban J connectivity index is 1.51. The van der Waals surface area contributed by atoms with E-state index < -0.39 is 0 Å². The highest BCUT2D eigenvalue weighted by Gasteiger charge is 2.24. The molecule has 1 aliphatic heterocycles. The SMILES string of the molecule is Cc1[nH]c2ccccc2c1C(=O)C(C)Sc1nnc(N2CCOCC2)s1. The molecule has 1 saturated heterocycles. The normalized spacial score (nSPS) is 16.2. The number of hydrogen-bond acceptors (Lipinski definition) is 7. The number of ether oxygens (including phenoxy) is 1. The first-order chi connectivity index (χ1) is 12.6. The van der Waals surface area contributed by atoms with E-state index in [4.69, 9.17) is 4.74 Å². The molecule has 1 unspecified atom stereocenters.